The van der Waals surface area contributed by atoms with Crippen LogP contribution in [0.4, 0.5) is 0 Å². The zero-order chi connectivity index (χ0) is 15.5. The lowest BCUT2D eigenvalue weighted by atomic mass is 9.81. The fourth-order valence-electron chi connectivity index (χ4n) is 2.64. The molecule has 0 spiro atoms. The largest absolute Gasteiger partial charge is 0.479 e. The van der Waals surface area contributed by atoms with Crippen molar-refractivity contribution in [3.05, 3.63) is 47.5 Å². The van der Waals surface area contributed by atoms with Crippen molar-refractivity contribution < 1.29 is 25.2 Å². The number of hydrogen-bond donors (Lipinski definition) is 4. The van der Waals surface area contributed by atoms with Gasteiger partial charge in [-0.15, -0.1) is 0 Å². The first-order valence-electron chi connectivity index (χ1n) is 7.00. The van der Waals surface area contributed by atoms with Crippen LogP contribution in [-0.2, 0) is 11.2 Å². The molecule has 0 aromatic heterocycles. The molecule has 1 aliphatic rings. The first kappa shape index (κ1) is 15.7. The number of carboxylic acids is 1. The van der Waals surface area contributed by atoms with Crippen molar-refractivity contribution in [3.8, 4) is 0 Å². The number of aryl methyl sites for hydroxylation is 1. The molecule has 0 fully saturated rings. The predicted octanol–water partition coefficient (Wildman–Crippen LogP) is 0.877. The van der Waals surface area contributed by atoms with Gasteiger partial charge < -0.3 is 20.4 Å². The Morgan fingerprint density at radius 2 is 1.86 bits per heavy atom. The molecule has 5 heteroatoms. The van der Waals surface area contributed by atoms with Gasteiger partial charge in [0.25, 0.3) is 0 Å². The summed E-state index contributed by atoms with van der Waals surface area (Å²) >= 11 is 0. The first-order valence-corrected chi connectivity index (χ1v) is 7.00. The van der Waals surface area contributed by atoms with Gasteiger partial charge in [0, 0.05) is 6.42 Å². The molecule has 0 amide bonds. The molecule has 3 atom stereocenters. The molecule has 2 rings (SSSR count). The molecule has 0 radical (unpaired) electrons. The number of benzene rings is 1. The van der Waals surface area contributed by atoms with Gasteiger partial charge in [-0.3, -0.25) is 0 Å². The van der Waals surface area contributed by atoms with E-state index in [9.17, 15) is 20.1 Å². The van der Waals surface area contributed by atoms with E-state index in [-0.39, 0.29) is 0 Å². The molecule has 1 aromatic carbocycles. The highest BCUT2D eigenvalue weighted by Crippen LogP contribution is 2.30. The molecule has 21 heavy (non-hydrogen) atoms. The minimum atomic E-state index is -2.10. The quantitative estimate of drug-likeness (QED) is 0.604. The van der Waals surface area contributed by atoms with Gasteiger partial charge in [-0.25, -0.2) is 4.79 Å². The van der Waals surface area contributed by atoms with E-state index in [1.165, 1.54) is 6.08 Å². The summed E-state index contributed by atoms with van der Waals surface area (Å²) in [7, 11) is 0. The van der Waals surface area contributed by atoms with Crippen LogP contribution in [0.5, 0.6) is 0 Å². The van der Waals surface area contributed by atoms with Crippen LogP contribution >= 0.6 is 0 Å². The molecule has 0 heterocycles. The molecular weight excluding hydrogens is 272 g/mol. The third-order valence-electron chi connectivity index (χ3n) is 3.83. The van der Waals surface area contributed by atoms with Crippen LogP contribution in [0.15, 0.2) is 42.0 Å². The lowest BCUT2D eigenvalue weighted by molar-refractivity contribution is -0.158. The van der Waals surface area contributed by atoms with Crippen molar-refractivity contribution in [2.75, 3.05) is 0 Å². The standard InChI is InChI=1S/C16H20O5/c17-13-10-16(21,15(19)20)9-12(14(13)18)8-4-7-11-5-2-1-3-6-11/h1-3,5-6,9,13-14,17-18,21H,4,7-8,10H2,(H,19,20)/t13?,14?,16-/m0/s1. The van der Waals surface area contributed by atoms with Crippen molar-refractivity contribution in [3.63, 3.8) is 0 Å². The normalized spacial score (nSPS) is 29.0. The van der Waals surface area contributed by atoms with E-state index in [0.717, 1.165) is 12.0 Å². The van der Waals surface area contributed by atoms with Crippen molar-refractivity contribution in [1.82, 2.24) is 0 Å². The van der Waals surface area contributed by atoms with Crippen LogP contribution in [-0.4, -0.2) is 44.2 Å². The number of carboxylic acid groups (broad SMARTS) is 1. The van der Waals surface area contributed by atoms with Crippen LogP contribution < -0.4 is 0 Å². The molecule has 4 N–H and O–H groups in total. The van der Waals surface area contributed by atoms with E-state index in [4.69, 9.17) is 5.11 Å². The van der Waals surface area contributed by atoms with E-state index >= 15 is 0 Å². The molecule has 0 saturated carbocycles. The van der Waals surface area contributed by atoms with Crippen LogP contribution in [0.2, 0.25) is 0 Å². The Balaban J connectivity index is 2.03. The van der Waals surface area contributed by atoms with Gasteiger partial charge in [-0.2, -0.15) is 0 Å². The Morgan fingerprint density at radius 1 is 1.19 bits per heavy atom. The summed E-state index contributed by atoms with van der Waals surface area (Å²) < 4.78 is 0. The Kier molecular flexibility index (Phi) is 4.77. The third kappa shape index (κ3) is 3.69. The number of aliphatic hydroxyl groups is 3. The monoisotopic (exact) mass is 292 g/mol. The van der Waals surface area contributed by atoms with Crippen molar-refractivity contribution in [2.24, 2.45) is 0 Å². The second-order valence-electron chi connectivity index (χ2n) is 5.50. The Labute approximate surface area is 123 Å². The minimum absolute atomic E-state index is 0.384. The number of carbonyl (C=O) groups is 1. The highest BCUT2D eigenvalue weighted by molar-refractivity contribution is 5.80. The Morgan fingerprint density at radius 3 is 2.48 bits per heavy atom. The molecule has 0 bridgehead atoms. The zero-order valence-electron chi connectivity index (χ0n) is 11.6. The summed E-state index contributed by atoms with van der Waals surface area (Å²) in [5.74, 6) is -1.41. The molecule has 2 unspecified atom stereocenters. The van der Waals surface area contributed by atoms with Crippen LogP contribution in [0, 0.1) is 0 Å². The van der Waals surface area contributed by atoms with Gasteiger partial charge in [-0.1, -0.05) is 30.3 Å². The first-order chi connectivity index (χ1) is 9.92. The molecule has 1 aromatic rings. The molecular formula is C16H20O5. The lowest BCUT2D eigenvalue weighted by Gasteiger charge is -2.33. The summed E-state index contributed by atoms with van der Waals surface area (Å²) in [6.07, 6.45) is 0.330. The van der Waals surface area contributed by atoms with E-state index in [1.54, 1.807) is 0 Å². The highest BCUT2D eigenvalue weighted by Gasteiger charge is 2.43. The second kappa shape index (κ2) is 6.39. The van der Waals surface area contributed by atoms with Crippen molar-refractivity contribution >= 4 is 5.97 Å². The number of rotatable bonds is 5. The third-order valence-corrected chi connectivity index (χ3v) is 3.83. The second-order valence-corrected chi connectivity index (χ2v) is 5.50. The van der Waals surface area contributed by atoms with Crippen molar-refractivity contribution in [2.45, 2.75) is 43.5 Å². The van der Waals surface area contributed by atoms with E-state index in [2.05, 4.69) is 0 Å². The van der Waals surface area contributed by atoms with Gasteiger partial charge in [0.05, 0.1) is 6.10 Å². The van der Waals surface area contributed by atoms with Gasteiger partial charge >= 0.3 is 5.97 Å². The maximum absolute atomic E-state index is 11.1. The van der Waals surface area contributed by atoms with Crippen LogP contribution in [0.3, 0.4) is 0 Å². The van der Waals surface area contributed by atoms with E-state index < -0.39 is 30.2 Å². The maximum atomic E-state index is 11.1. The fraction of sp³-hybridized carbons (Fsp3) is 0.438. The summed E-state index contributed by atoms with van der Waals surface area (Å²) in [4.78, 5) is 11.1. The maximum Gasteiger partial charge on any atom is 0.339 e. The van der Waals surface area contributed by atoms with Crippen LogP contribution in [0.25, 0.3) is 0 Å². The smallest absolute Gasteiger partial charge is 0.339 e. The summed E-state index contributed by atoms with van der Waals surface area (Å²) in [5.41, 5.74) is -0.562. The zero-order valence-corrected chi connectivity index (χ0v) is 11.6. The van der Waals surface area contributed by atoms with E-state index in [1.807, 2.05) is 30.3 Å². The van der Waals surface area contributed by atoms with Gasteiger partial charge in [-0.05, 0) is 36.5 Å². The van der Waals surface area contributed by atoms with E-state index in [0.29, 0.717) is 18.4 Å². The van der Waals surface area contributed by atoms with Gasteiger partial charge in [0.15, 0.2) is 5.60 Å². The summed E-state index contributed by atoms with van der Waals surface area (Å²) in [6.45, 7) is 0. The fourth-order valence-corrected chi connectivity index (χ4v) is 2.64. The Bertz CT molecular complexity index is 525. The van der Waals surface area contributed by atoms with Crippen molar-refractivity contribution in [1.29, 1.82) is 0 Å². The SMILES string of the molecule is O=C(O)[C@]1(O)C=C(CCCc2ccccc2)C(O)C(O)C1. The van der Waals surface area contributed by atoms with Gasteiger partial charge in [0.1, 0.15) is 6.10 Å². The van der Waals surface area contributed by atoms with Gasteiger partial charge in [0.2, 0.25) is 0 Å². The average molecular weight is 292 g/mol. The predicted molar refractivity (Wildman–Crippen MR) is 76.7 cm³/mol. The molecule has 1 aliphatic carbocycles. The number of aliphatic hydroxyl groups excluding tert-OH is 2. The molecule has 114 valence electrons. The highest BCUT2D eigenvalue weighted by atomic mass is 16.4. The topological polar surface area (TPSA) is 98.0 Å². The number of aliphatic carboxylic acids is 1. The molecule has 0 saturated heterocycles. The minimum Gasteiger partial charge on any atom is -0.479 e. The van der Waals surface area contributed by atoms with Crippen LogP contribution in [0.1, 0.15) is 24.8 Å². The number of hydrogen-bond acceptors (Lipinski definition) is 4. The average Bonchev–Trinajstić information content (AvgIpc) is 2.45. The molecule has 0 aliphatic heterocycles. The molecule has 5 nitrogen and oxygen atoms in total. The lowest BCUT2D eigenvalue weighted by Crippen LogP contribution is -2.48. The summed E-state index contributed by atoms with van der Waals surface area (Å²) in [5, 5.41) is 38.7. The summed E-state index contributed by atoms with van der Waals surface area (Å²) in [6, 6.07) is 9.80. The Hall–Kier alpha value is -1.69.